The van der Waals surface area contributed by atoms with E-state index in [1.807, 2.05) is 18.2 Å². The zero-order chi connectivity index (χ0) is 14.5. The lowest BCUT2D eigenvalue weighted by atomic mass is 10.1. The Morgan fingerprint density at radius 1 is 1.15 bits per heavy atom. The highest BCUT2D eigenvalue weighted by Crippen LogP contribution is 2.28. The van der Waals surface area contributed by atoms with Gasteiger partial charge in [-0.3, -0.25) is 0 Å². The Hall–Kier alpha value is -1.94. The van der Waals surface area contributed by atoms with Crippen LogP contribution in [0.25, 0.3) is 0 Å². The summed E-state index contributed by atoms with van der Waals surface area (Å²) >= 11 is 0. The number of benzene rings is 1. The highest BCUT2D eigenvalue weighted by molar-refractivity contribution is 5.43. The van der Waals surface area contributed by atoms with Gasteiger partial charge < -0.3 is 19.8 Å². The van der Waals surface area contributed by atoms with Crippen molar-refractivity contribution in [3.05, 3.63) is 47.8 Å². The predicted octanol–water partition coefficient (Wildman–Crippen LogP) is 2.96. The van der Waals surface area contributed by atoms with Crippen molar-refractivity contribution in [2.45, 2.75) is 25.9 Å². The topological polar surface area (TPSA) is 49.4 Å². The maximum Gasteiger partial charge on any atom is 0.161 e. The van der Waals surface area contributed by atoms with Crippen molar-refractivity contribution < 1.29 is 9.47 Å². The Labute approximate surface area is 120 Å². The molecule has 0 fully saturated rings. The largest absolute Gasteiger partial charge is 0.493 e. The summed E-state index contributed by atoms with van der Waals surface area (Å²) in [6.07, 6.45) is 5.10. The number of rotatable bonds is 6. The summed E-state index contributed by atoms with van der Waals surface area (Å²) < 4.78 is 12.7. The SMILES string of the molecule is CCC(N)c1ccn(Cc2ccc(OC)c(OC)c2)c1. The molecule has 4 heteroatoms. The van der Waals surface area contributed by atoms with Crippen LogP contribution in [-0.2, 0) is 6.54 Å². The normalized spacial score (nSPS) is 12.2. The van der Waals surface area contributed by atoms with E-state index in [0.717, 1.165) is 30.0 Å². The monoisotopic (exact) mass is 274 g/mol. The molecule has 4 nitrogen and oxygen atoms in total. The van der Waals surface area contributed by atoms with Crippen LogP contribution in [0, 0.1) is 0 Å². The Bertz CT molecular complexity index is 563. The van der Waals surface area contributed by atoms with Crippen molar-refractivity contribution in [1.29, 1.82) is 0 Å². The highest BCUT2D eigenvalue weighted by atomic mass is 16.5. The summed E-state index contributed by atoms with van der Waals surface area (Å²) in [4.78, 5) is 0. The standard InChI is InChI=1S/C16H22N2O2/c1-4-14(17)13-7-8-18(11-13)10-12-5-6-15(19-2)16(9-12)20-3/h5-9,11,14H,4,10,17H2,1-3H3. The molecule has 1 heterocycles. The number of ether oxygens (including phenoxy) is 2. The predicted molar refractivity (Wildman–Crippen MR) is 80.3 cm³/mol. The molecule has 0 radical (unpaired) electrons. The molecule has 1 aromatic heterocycles. The van der Waals surface area contributed by atoms with E-state index in [1.165, 1.54) is 5.56 Å². The third-order valence-electron chi connectivity index (χ3n) is 3.45. The molecule has 1 aromatic carbocycles. The lowest BCUT2D eigenvalue weighted by Gasteiger charge is -2.10. The van der Waals surface area contributed by atoms with Gasteiger partial charge in [0.1, 0.15) is 0 Å². The van der Waals surface area contributed by atoms with E-state index >= 15 is 0 Å². The molecule has 0 aliphatic rings. The van der Waals surface area contributed by atoms with Gasteiger partial charge in [-0.15, -0.1) is 0 Å². The van der Waals surface area contributed by atoms with Crippen LogP contribution in [0.4, 0.5) is 0 Å². The molecular formula is C16H22N2O2. The third-order valence-corrected chi connectivity index (χ3v) is 3.45. The molecule has 2 rings (SSSR count). The summed E-state index contributed by atoms with van der Waals surface area (Å²) in [5, 5.41) is 0. The zero-order valence-electron chi connectivity index (χ0n) is 12.3. The van der Waals surface area contributed by atoms with Crippen LogP contribution in [0.5, 0.6) is 11.5 Å². The third kappa shape index (κ3) is 3.14. The summed E-state index contributed by atoms with van der Waals surface area (Å²) in [6, 6.07) is 8.16. The van der Waals surface area contributed by atoms with Gasteiger partial charge in [-0.05, 0) is 35.7 Å². The van der Waals surface area contributed by atoms with Gasteiger partial charge in [0.05, 0.1) is 14.2 Å². The van der Waals surface area contributed by atoms with Crippen molar-refractivity contribution in [3.63, 3.8) is 0 Å². The first-order valence-electron chi connectivity index (χ1n) is 6.80. The molecule has 0 aliphatic carbocycles. The van der Waals surface area contributed by atoms with Crippen LogP contribution in [-0.4, -0.2) is 18.8 Å². The number of hydrogen-bond donors (Lipinski definition) is 1. The quantitative estimate of drug-likeness (QED) is 0.881. The Kier molecular flexibility index (Phi) is 4.69. The maximum absolute atomic E-state index is 6.03. The second-order valence-electron chi connectivity index (χ2n) is 4.82. The Morgan fingerprint density at radius 3 is 2.55 bits per heavy atom. The van der Waals surface area contributed by atoms with Crippen LogP contribution >= 0.6 is 0 Å². The van der Waals surface area contributed by atoms with Crippen LogP contribution in [0.2, 0.25) is 0 Å². The van der Waals surface area contributed by atoms with Gasteiger partial charge in [0.2, 0.25) is 0 Å². The van der Waals surface area contributed by atoms with E-state index in [1.54, 1.807) is 14.2 Å². The summed E-state index contributed by atoms with van der Waals surface area (Å²) in [7, 11) is 3.29. The molecule has 0 saturated heterocycles. The van der Waals surface area contributed by atoms with Crippen molar-refractivity contribution in [2.24, 2.45) is 5.73 Å². The minimum atomic E-state index is 0.113. The highest BCUT2D eigenvalue weighted by Gasteiger charge is 2.07. The first kappa shape index (κ1) is 14.5. The molecule has 1 atom stereocenters. The molecule has 0 bridgehead atoms. The fraction of sp³-hybridized carbons (Fsp3) is 0.375. The molecule has 108 valence electrons. The summed E-state index contributed by atoms with van der Waals surface area (Å²) in [6.45, 7) is 2.88. The second-order valence-corrected chi connectivity index (χ2v) is 4.82. The molecule has 2 aromatic rings. The minimum Gasteiger partial charge on any atom is -0.493 e. The van der Waals surface area contributed by atoms with E-state index in [0.29, 0.717) is 0 Å². The van der Waals surface area contributed by atoms with Gasteiger partial charge in [-0.25, -0.2) is 0 Å². The number of hydrogen-bond acceptors (Lipinski definition) is 3. The lowest BCUT2D eigenvalue weighted by Crippen LogP contribution is -2.07. The number of aromatic nitrogens is 1. The van der Waals surface area contributed by atoms with Crippen molar-refractivity contribution in [3.8, 4) is 11.5 Å². The van der Waals surface area contributed by atoms with Gasteiger partial charge in [0.15, 0.2) is 11.5 Å². The van der Waals surface area contributed by atoms with Crippen LogP contribution in [0.15, 0.2) is 36.7 Å². The maximum atomic E-state index is 6.03. The van der Waals surface area contributed by atoms with E-state index in [2.05, 4.69) is 30.0 Å². The molecule has 1 unspecified atom stereocenters. The minimum absolute atomic E-state index is 0.113. The summed E-state index contributed by atoms with van der Waals surface area (Å²) in [5.41, 5.74) is 8.37. The van der Waals surface area contributed by atoms with Gasteiger partial charge in [-0.1, -0.05) is 13.0 Å². The van der Waals surface area contributed by atoms with Crippen LogP contribution in [0.1, 0.15) is 30.5 Å². The van der Waals surface area contributed by atoms with Gasteiger partial charge in [0, 0.05) is 25.0 Å². The van der Waals surface area contributed by atoms with Gasteiger partial charge in [0.25, 0.3) is 0 Å². The molecule has 2 N–H and O–H groups in total. The molecule has 0 spiro atoms. The molecular weight excluding hydrogens is 252 g/mol. The number of nitrogens with two attached hydrogens (primary N) is 1. The number of methoxy groups -OCH3 is 2. The van der Waals surface area contributed by atoms with E-state index in [-0.39, 0.29) is 6.04 Å². The van der Waals surface area contributed by atoms with Crippen molar-refractivity contribution in [2.75, 3.05) is 14.2 Å². The molecule has 0 saturated carbocycles. The molecule has 20 heavy (non-hydrogen) atoms. The van der Waals surface area contributed by atoms with Crippen LogP contribution in [0.3, 0.4) is 0 Å². The van der Waals surface area contributed by atoms with E-state index < -0.39 is 0 Å². The second kappa shape index (κ2) is 6.48. The first-order valence-corrected chi connectivity index (χ1v) is 6.80. The number of nitrogens with zero attached hydrogens (tertiary/aromatic N) is 1. The fourth-order valence-corrected chi connectivity index (χ4v) is 2.20. The van der Waals surface area contributed by atoms with Crippen molar-refractivity contribution in [1.82, 2.24) is 4.57 Å². The lowest BCUT2D eigenvalue weighted by molar-refractivity contribution is 0.354. The van der Waals surface area contributed by atoms with E-state index in [9.17, 15) is 0 Å². The van der Waals surface area contributed by atoms with Crippen LogP contribution < -0.4 is 15.2 Å². The Balaban J connectivity index is 2.15. The fourth-order valence-electron chi connectivity index (χ4n) is 2.20. The zero-order valence-corrected chi connectivity index (χ0v) is 12.3. The molecule has 0 aliphatic heterocycles. The first-order chi connectivity index (χ1) is 9.67. The average molecular weight is 274 g/mol. The van der Waals surface area contributed by atoms with Crippen molar-refractivity contribution >= 4 is 0 Å². The Morgan fingerprint density at radius 2 is 1.90 bits per heavy atom. The molecule has 0 amide bonds. The van der Waals surface area contributed by atoms with Gasteiger partial charge in [-0.2, -0.15) is 0 Å². The van der Waals surface area contributed by atoms with Gasteiger partial charge >= 0.3 is 0 Å². The summed E-state index contributed by atoms with van der Waals surface area (Å²) in [5.74, 6) is 1.50. The average Bonchev–Trinajstić information content (AvgIpc) is 2.94. The smallest absolute Gasteiger partial charge is 0.161 e. The van der Waals surface area contributed by atoms with E-state index in [4.69, 9.17) is 15.2 Å².